The number of anilines is 2. The Hall–Kier alpha value is -2.80. The number of benzene rings is 3. The zero-order chi connectivity index (χ0) is 19.1. The predicted molar refractivity (Wildman–Crippen MR) is 117 cm³/mol. The minimum absolute atomic E-state index is 0.674. The second kappa shape index (κ2) is 6.98. The van der Waals surface area contributed by atoms with Crippen LogP contribution in [0, 0.1) is 0 Å². The number of fused-ring (bicyclic) bond motifs is 1. The highest BCUT2D eigenvalue weighted by molar-refractivity contribution is 7.22. The number of halogens is 2. The number of aromatic nitrogens is 1. The van der Waals surface area contributed by atoms with Crippen LogP contribution in [0.1, 0.15) is 5.56 Å². The van der Waals surface area contributed by atoms with Crippen molar-refractivity contribution in [2.24, 2.45) is 5.10 Å². The van der Waals surface area contributed by atoms with E-state index in [2.05, 4.69) is 11.5 Å². The van der Waals surface area contributed by atoms with Gasteiger partial charge in [-0.2, -0.15) is 5.12 Å². The predicted octanol–water partition coefficient (Wildman–Crippen LogP) is 5.71. The second-order valence-electron chi connectivity index (χ2n) is 6.11. The van der Waals surface area contributed by atoms with Crippen LogP contribution < -0.4 is 15.7 Å². The fourth-order valence-electron chi connectivity index (χ4n) is 2.87. The van der Waals surface area contributed by atoms with Gasteiger partial charge in [0.05, 0.1) is 15.9 Å². The number of hydrogen-bond acceptors (Lipinski definition) is 6. The molecular formula is C20H13Cl2N5S. The summed E-state index contributed by atoms with van der Waals surface area (Å²) in [7, 11) is 0. The molecule has 0 spiro atoms. The van der Waals surface area contributed by atoms with Crippen LogP contribution >= 0.6 is 34.5 Å². The molecule has 8 heteroatoms. The van der Waals surface area contributed by atoms with E-state index in [0.717, 1.165) is 26.6 Å². The lowest BCUT2D eigenvalue weighted by atomic mass is 10.2. The number of hydrazine groups is 2. The fourth-order valence-corrected chi connectivity index (χ4v) is 4.03. The third kappa shape index (κ3) is 3.16. The lowest BCUT2D eigenvalue weighted by Gasteiger charge is -2.25. The van der Waals surface area contributed by atoms with Gasteiger partial charge in [0.25, 0.3) is 0 Å². The van der Waals surface area contributed by atoms with Gasteiger partial charge in [0.2, 0.25) is 5.13 Å². The fraction of sp³-hybridized carbons (Fsp3) is 0. The average molecular weight is 426 g/mol. The molecule has 0 aliphatic carbocycles. The lowest BCUT2D eigenvalue weighted by molar-refractivity contribution is 0.768. The number of nitrogens with one attached hydrogen (secondary N) is 1. The van der Waals surface area contributed by atoms with Gasteiger partial charge < -0.3 is 0 Å². The number of thiazole rings is 1. The summed E-state index contributed by atoms with van der Waals surface area (Å²) in [5, 5.41) is 10.5. The molecule has 3 aromatic carbocycles. The number of amidine groups is 1. The zero-order valence-electron chi connectivity index (χ0n) is 14.4. The van der Waals surface area contributed by atoms with Crippen LogP contribution in [0.5, 0.6) is 0 Å². The first-order valence-corrected chi connectivity index (χ1v) is 10.1. The van der Waals surface area contributed by atoms with E-state index >= 15 is 0 Å². The van der Waals surface area contributed by atoms with Gasteiger partial charge in [0, 0.05) is 15.6 Å². The van der Waals surface area contributed by atoms with Gasteiger partial charge in [-0.25, -0.2) is 4.98 Å². The van der Waals surface area contributed by atoms with E-state index in [1.807, 2.05) is 71.8 Å². The maximum atomic E-state index is 6.06. The molecule has 0 fully saturated rings. The highest BCUT2D eigenvalue weighted by Gasteiger charge is 2.28. The van der Waals surface area contributed by atoms with E-state index < -0.39 is 0 Å². The smallest absolute Gasteiger partial charge is 0.230 e. The van der Waals surface area contributed by atoms with Gasteiger partial charge in [-0.3, -0.25) is 5.43 Å². The van der Waals surface area contributed by atoms with Crippen LogP contribution in [0.4, 0.5) is 10.8 Å². The molecule has 0 saturated carbocycles. The average Bonchev–Trinajstić information content (AvgIpc) is 3.33. The Kier molecular flexibility index (Phi) is 4.31. The first kappa shape index (κ1) is 17.3. The summed E-state index contributed by atoms with van der Waals surface area (Å²) in [4.78, 5) is 4.74. The normalized spacial score (nSPS) is 13.7. The number of nitrogens with zero attached hydrogens (tertiary/aromatic N) is 4. The summed E-state index contributed by atoms with van der Waals surface area (Å²) < 4.78 is 1.10. The molecule has 5 rings (SSSR count). The van der Waals surface area contributed by atoms with E-state index in [1.165, 1.54) is 0 Å². The zero-order valence-corrected chi connectivity index (χ0v) is 16.7. The van der Waals surface area contributed by atoms with Gasteiger partial charge in [-0.05, 0) is 60.7 Å². The van der Waals surface area contributed by atoms with Crippen molar-refractivity contribution < 1.29 is 0 Å². The molecule has 1 aromatic heterocycles. The van der Waals surface area contributed by atoms with E-state index in [9.17, 15) is 0 Å². The molecule has 4 aromatic rings. The van der Waals surface area contributed by atoms with Crippen molar-refractivity contribution in [2.75, 3.05) is 10.2 Å². The van der Waals surface area contributed by atoms with Crippen LogP contribution in [0.2, 0.25) is 10.0 Å². The third-order valence-electron chi connectivity index (χ3n) is 4.24. The molecule has 5 nitrogen and oxygen atoms in total. The van der Waals surface area contributed by atoms with Crippen LogP contribution in [0.15, 0.2) is 77.9 Å². The Morgan fingerprint density at radius 1 is 0.821 bits per heavy atom. The monoisotopic (exact) mass is 425 g/mol. The number of rotatable bonds is 3. The maximum absolute atomic E-state index is 6.06. The largest absolute Gasteiger partial charge is 0.259 e. The van der Waals surface area contributed by atoms with Gasteiger partial charge >= 0.3 is 0 Å². The summed E-state index contributed by atoms with van der Waals surface area (Å²) in [5.74, 6) is 0.700. The molecule has 0 unspecified atom stereocenters. The first-order chi connectivity index (χ1) is 13.7. The van der Waals surface area contributed by atoms with Crippen molar-refractivity contribution in [1.82, 2.24) is 10.4 Å². The molecule has 28 heavy (non-hydrogen) atoms. The van der Waals surface area contributed by atoms with Crippen molar-refractivity contribution in [3.05, 3.63) is 88.4 Å². The molecular weight excluding hydrogens is 413 g/mol. The van der Waals surface area contributed by atoms with Crippen LogP contribution in [0.3, 0.4) is 0 Å². The maximum Gasteiger partial charge on any atom is 0.230 e. The van der Waals surface area contributed by atoms with E-state index in [4.69, 9.17) is 33.3 Å². The van der Waals surface area contributed by atoms with Gasteiger partial charge in [0.1, 0.15) is 0 Å². The van der Waals surface area contributed by atoms with Crippen molar-refractivity contribution in [2.45, 2.75) is 0 Å². The molecule has 138 valence electrons. The topological polar surface area (TPSA) is 43.8 Å². The highest BCUT2D eigenvalue weighted by Crippen LogP contribution is 2.33. The van der Waals surface area contributed by atoms with Crippen molar-refractivity contribution in [3.63, 3.8) is 0 Å². The molecule has 0 saturated heterocycles. The minimum atomic E-state index is 0.674. The Balaban J connectivity index is 1.59. The summed E-state index contributed by atoms with van der Waals surface area (Å²) in [6, 6.07) is 23.1. The van der Waals surface area contributed by atoms with Crippen LogP contribution in [0.25, 0.3) is 10.2 Å². The molecule has 1 aliphatic heterocycles. The lowest BCUT2D eigenvalue weighted by Crippen LogP contribution is -2.44. The molecule has 1 N–H and O–H groups in total. The number of hydrazone groups is 1. The van der Waals surface area contributed by atoms with Crippen LogP contribution in [-0.2, 0) is 0 Å². The quantitative estimate of drug-likeness (QED) is 0.456. The van der Waals surface area contributed by atoms with Gasteiger partial charge in [-0.1, -0.05) is 46.7 Å². The van der Waals surface area contributed by atoms with E-state index in [0.29, 0.717) is 15.9 Å². The van der Waals surface area contributed by atoms with Gasteiger partial charge in [0.15, 0.2) is 5.84 Å². The van der Waals surface area contributed by atoms with Crippen molar-refractivity contribution in [3.8, 4) is 0 Å². The molecule has 0 bridgehead atoms. The summed E-state index contributed by atoms with van der Waals surface area (Å²) >= 11 is 13.7. The van der Waals surface area contributed by atoms with Crippen molar-refractivity contribution >= 4 is 61.4 Å². The van der Waals surface area contributed by atoms with E-state index in [1.54, 1.807) is 16.5 Å². The van der Waals surface area contributed by atoms with Crippen LogP contribution in [-0.4, -0.2) is 10.8 Å². The number of para-hydroxylation sites is 1. The van der Waals surface area contributed by atoms with E-state index in [-0.39, 0.29) is 0 Å². The molecule has 1 aliphatic rings. The Labute approximate surface area is 175 Å². The Morgan fingerprint density at radius 3 is 2.21 bits per heavy atom. The Morgan fingerprint density at radius 2 is 1.50 bits per heavy atom. The standard InChI is InChI=1S/C20H13Cl2N5S/c21-14-7-5-13(6-8-14)19-24-26(16-11-9-15(22)10-12-16)27(25-19)20-23-17-3-1-2-4-18(17)28-20/h1-12H,(H,24,25). The Bertz CT molecular complexity index is 1140. The summed E-state index contributed by atoms with van der Waals surface area (Å²) in [6.45, 7) is 0. The SMILES string of the molecule is Clc1ccc(C2=NN(c3nc4ccccc4s3)N(c3ccc(Cl)cc3)N2)cc1. The number of hydrogen-bond donors (Lipinski definition) is 1. The summed E-state index contributed by atoms with van der Waals surface area (Å²) in [6.07, 6.45) is 0. The van der Waals surface area contributed by atoms with Crippen molar-refractivity contribution in [1.29, 1.82) is 0 Å². The molecule has 2 heterocycles. The highest BCUT2D eigenvalue weighted by atomic mass is 35.5. The second-order valence-corrected chi connectivity index (χ2v) is 7.99. The molecule has 0 radical (unpaired) electrons. The van der Waals surface area contributed by atoms with Gasteiger partial charge in [-0.15, -0.1) is 10.2 Å². The third-order valence-corrected chi connectivity index (χ3v) is 5.74. The minimum Gasteiger partial charge on any atom is -0.259 e. The summed E-state index contributed by atoms with van der Waals surface area (Å²) in [5.41, 5.74) is 6.09. The molecule has 0 amide bonds. The molecule has 0 atom stereocenters. The first-order valence-electron chi connectivity index (χ1n) is 8.50.